The van der Waals surface area contributed by atoms with Crippen molar-refractivity contribution < 1.29 is 0 Å². The first kappa shape index (κ1) is 13.0. The minimum Gasteiger partial charge on any atom is -0.357 e. The number of rotatable bonds is 5. The molecule has 0 saturated heterocycles. The van der Waals surface area contributed by atoms with E-state index in [9.17, 15) is 0 Å². The lowest BCUT2D eigenvalue weighted by atomic mass is 10.3. The van der Waals surface area contributed by atoms with Crippen LogP contribution in [0.1, 0.15) is 18.7 Å². The molecule has 0 fully saturated rings. The fourth-order valence-electron chi connectivity index (χ4n) is 1.46. The van der Waals surface area contributed by atoms with Gasteiger partial charge in [-0.2, -0.15) is 0 Å². The number of likely N-dealkylation sites (N-methyl/N-ethyl adjacent to an activating group) is 1. The molecule has 0 aliphatic heterocycles. The van der Waals surface area contributed by atoms with Gasteiger partial charge < -0.3 is 10.2 Å². The van der Waals surface area contributed by atoms with E-state index in [1.807, 2.05) is 11.3 Å². The zero-order valence-electron chi connectivity index (χ0n) is 10.4. The summed E-state index contributed by atoms with van der Waals surface area (Å²) in [6.07, 6.45) is 1.09. The monoisotopic (exact) mass is 239 g/mol. The Hall–Kier alpha value is -1.03. The maximum atomic E-state index is 4.45. The van der Waals surface area contributed by atoms with E-state index in [1.54, 1.807) is 0 Å². The van der Waals surface area contributed by atoms with Gasteiger partial charge in [0.25, 0.3) is 0 Å². The van der Waals surface area contributed by atoms with Crippen molar-refractivity contribution in [3.63, 3.8) is 0 Å². The SMILES string of the molecule is CCN=C(NCC)N(C)CCc1cccs1. The Morgan fingerprint density at radius 3 is 2.88 bits per heavy atom. The molecule has 1 rings (SSSR count). The Kier molecular flexibility index (Phi) is 5.93. The first-order valence-electron chi connectivity index (χ1n) is 5.79. The minimum atomic E-state index is 0.825. The van der Waals surface area contributed by atoms with Gasteiger partial charge in [-0.05, 0) is 31.7 Å². The molecular weight excluding hydrogens is 218 g/mol. The maximum absolute atomic E-state index is 4.45. The van der Waals surface area contributed by atoms with Gasteiger partial charge in [-0.1, -0.05) is 6.07 Å². The summed E-state index contributed by atoms with van der Waals surface area (Å²) < 4.78 is 0. The van der Waals surface area contributed by atoms with Crippen LogP contribution in [0.4, 0.5) is 0 Å². The van der Waals surface area contributed by atoms with Crippen LogP contribution in [0.3, 0.4) is 0 Å². The number of hydrogen-bond donors (Lipinski definition) is 1. The maximum Gasteiger partial charge on any atom is 0.193 e. The van der Waals surface area contributed by atoms with E-state index in [0.717, 1.165) is 32.0 Å². The molecule has 1 heterocycles. The van der Waals surface area contributed by atoms with Crippen molar-refractivity contribution in [3.8, 4) is 0 Å². The third kappa shape index (κ3) is 4.23. The zero-order valence-corrected chi connectivity index (χ0v) is 11.2. The van der Waals surface area contributed by atoms with Crippen molar-refractivity contribution in [2.75, 3.05) is 26.7 Å². The molecule has 0 aliphatic carbocycles. The molecule has 90 valence electrons. The predicted molar refractivity (Wildman–Crippen MR) is 72.3 cm³/mol. The molecule has 4 heteroatoms. The van der Waals surface area contributed by atoms with Gasteiger partial charge in [-0.15, -0.1) is 11.3 Å². The van der Waals surface area contributed by atoms with E-state index < -0.39 is 0 Å². The Labute approximate surface area is 102 Å². The summed E-state index contributed by atoms with van der Waals surface area (Å²) >= 11 is 1.82. The second-order valence-corrected chi connectivity index (χ2v) is 4.61. The molecule has 0 unspecified atom stereocenters. The van der Waals surface area contributed by atoms with E-state index in [-0.39, 0.29) is 0 Å². The van der Waals surface area contributed by atoms with Crippen molar-refractivity contribution in [2.24, 2.45) is 4.99 Å². The standard InChI is InChI=1S/C12H21N3S/c1-4-13-12(14-5-2)15(3)9-8-11-7-6-10-16-11/h6-7,10H,4-5,8-9H2,1-3H3,(H,13,14). The van der Waals surface area contributed by atoms with Crippen molar-refractivity contribution in [1.82, 2.24) is 10.2 Å². The molecule has 1 N–H and O–H groups in total. The summed E-state index contributed by atoms with van der Waals surface area (Å²) in [4.78, 5) is 8.07. The fourth-order valence-corrected chi connectivity index (χ4v) is 2.16. The van der Waals surface area contributed by atoms with E-state index in [2.05, 4.69) is 53.6 Å². The first-order chi connectivity index (χ1) is 7.77. The van der Waals surface area contributed by atoms with Crippen LogP contribution < -0.4 is 5.32 Å². The molecular formula is C12H21N3S. The number of aliphatic imine (C=N–C) groups is 1. The van der Waals surface area contributed by atoms with Crippen molar-refractivity contribution in [3.05, 3.63) is 22.4 Å². The van der Waals surface area contributed by atoms with Crippen molar-refractivity contribution >= 4 is 17.3 Å². The van der Waals surface area contributed by atoms with Crippen LogP contribution in [-0.4, -0.2) is 37.5 Å². The summed E-state index contributed by atoms with van der Waals surface area (Å²) in [5, 5.41) is 5.42. The van der Waals surface area contributed by atoms with E-state index in [0.29, 0.717) is 0 Å². The molecule has 0 spiro atoms. The molecule has 0 bridgehead atoms. The van der Waals surface area contributed by atoms with Crippen LogP contribution >= 0.6 is 11.3 Å². The van der Waals surface area contributed by atoms with Crippen LogP contribution in [-0.2, 0) is 6.42 Å². The number of nitrogens with zero attached hydrogens (tertiary/aromatic N) is 2. The highest BCUT2D eigenvalue weighted by Gasteiger charge is 2.04. The molecule has 0 atom stereocenters. The Balaban J connectivity index is 2.42. The van der Waals surface area contributed by atoms with Gasteiger partial charge in [-0.25, -0.2) is 0 Å². The van der Waals surface area contributed by atoms with Gasteiger partial charge in [0.2, 0.25) is 0 Å². The minimum absolute atomic E-state index is 0.825. The van der Waals surface area contributed by atoms with Crippen LogP contribution in [0.5, 0.6) is 0 Å². The second kappa shape index (κ2) is 7.28. The van der Waals surface area contributed by atoms with Crippen molar-refractivity contribution in [1.29, 1.82) is 0 Å². The Morgan fingerprint density at radius 1 is 1.50 bits per heavy atom. The fraction of sp³-hybridized carbons (Fsp3) is 0.583. The van der Waals surface area contributed by atoms with E-state index in [1.165, 1.54) is 4.88 Å². The Bertz CT molecular complexity index is 306. The molecule has 0 aliphatic rings. The molecule has 0 amide bonds. The number of hydrogen-bond acceptors (Lipinski definition) is 2. The lowest BCUT2D eigenvalue weighted by molar-refractivity contribution is 0.487. The van der Waals surface area contributed by atoms with Crippen LogP contribution in [0.15, 0.2) is 22.5 Å². The number of thiophene rings is 1. The third-order valence-electron chi connectivity index (χ3n) is 2.28. The van der Waals surface area contributed by atoms with Gasteiger partial charge >= 0.3 is 0 Å². The molecule has 3 nitrogen and oxygen atoms in total. The van der Waals surface area contributed by atoms with Gasteiger partial charge in [0.1, 0.15) is 0 Å². The highest BCUT2D eigenvalue weighted by Crippen LogP contribution is 2.09. The van der Waals surface area contributed by atoms with Crippen LogP contribution in [0.25, 0.3) is 0 Å². The lowest BCUT2D eigenvalue weighted by Crippen LogP contribution is -2.39. The molecule has 1 aromatic heterocycles. The summed E-state index contributed by atoms with van der Waals surface area (Å²) in [5.74, 6) is 1.00. The lowest BCUT2D eigenvalue weighted by Gasteiger charge is -2.21. The number of guanidine groups is 1. The Morgan fingerprint density at radius 2 is 2.31 bits per heavy atom. The third-order valence-corrected chi connectivity index (χ3v) is 3.21. The normalized spacial score (nSPS) is 11.6. The molecule has 0 radical (unpaired) electrons. The largest absolute Gasteiger partial charge is 0.357 e. The predicted octanol–water partition coefficient (Wildman–Crippen LogP) is 2.21. The highest BCUT2D eigenvalue weighted by atomic mass is 32.1. The summed E-state index contributed by atoms with van der Waals surface area (Å²) in [7, 11) is 2.09. The van der Waals surface area contributed by atoms with Gasteiger partial charge in [0.05, 0.1) is 0 Å². The first-order valence-corrected chi connectivity index (χ1v) is 6.67. The molecule has 0 saturated carbocycles. The quantitative estimate of drug-likeness (QED) is 0.630. The molecule has 16 heavy (non-hydrogen) atoms. The summed E-state index contributed by atoms with van der Waals surface area (Å²) in [6, 6.07) is 4.29. The average Bonchev–Trinajstić information content (AvgIpc) is 2.78. The second-order valence-electron chi connectivity index (χ2n) is 3.58. The van der Waals surface area contributed by atoms with Crippen LogP contribution in [0.2, 0.25) is 0 Å². The molecule has 0 aromatic carbocycles. The van der Waals surface area contributed by atoms with Crippen LogP contribution in [0, 0.1) is 0 Å². The van der Waals surface area contributed by atoms with Gasteiger partial charge in [-0.3, -0.25) is 4.99 Å². The average molecular weight is 239 g/mol. The number of nitrogens with one attached hydrogen (secondary N) is 1. The van der Waals surface area contributed by atoms with Crippen molar-refractivity contribution in [2.45, 2.75) is 20.3 Å². The highest BCUT2D eigenvalue weighted by molar-refractivity contribution is 7.09. The summed E-state index contributed by atoms with van der Waals surface area (Å²) in [6.45, 7) is 6.91. The van der Waals surface area contributed by atoms with E-state index >= 15 is 0 Å². The zero-order chi connectivity index (χ0) is 11.8. The topological polar surface area (TPSA) is 27.6 Å². The van der Waals surface area contributed by atoms with Gasteiger partial charge in [0.15, 0.2) is 5.96 Å². The van der Waals surface area contributed by atoms with E-state index in [4.69, 9.17) is 0 Å². The summed E-state index contributed by atoms with van der Waals surface area (Å²) in [5.41, 5.74) is 0. The van der Waals surface area contributed by atoms with Gasteiger partial charge in [0, 0.05) is 31.6 Å². The molecule has 1 aromatic rings. The smallest absolute Gasteiger partial charge is 0.193 e.